The van der Waals surface area contributed by atoms with Gasteiger partial charge in [0.2, 0.25) is 5.91 Å². The van der Waals surface area contributed by atoms with Gasteiger partial charge in [0.1, 0.15) is 11.7 Å². The number of carboxylic acids is 1. The lowest BCUT2D eigenvalue weighted by molar-refractivity contribution is -0.384. The molecule has 0 aliphatic heterocycles. The van der Waals surface area contributed by atoms with Crippen molar-refractivity contribution in [3.05, 3.63) is 28.1 Å². The maximum absolute atomic E-state index is 11.7. The van der Waals surface area contributed by atoms with Crippen LogP contribution in [0, 0.1) is 10.1 Å². The molecule has 10 nitrogen and oxygen atoms in total. The number of H-pyrrole nitrogens is 1. The highest BCUT2D eigenvalue weighted by molar-refractivity contribution is 5.95. The molecule has 1 atom stereocenters. The van der Waals surface area contributed by atoms with Crippen molar-refractivity contribution in [3.63, 3.8) is 0 Å². The van der Waals surface area contributed by atoms with Crippen LogP contribution in [-0.2, 0) is 9.59 Å². The molecular weight excluding hydrogens is 272 g/mol. The summed E-state index contributed by atoms with van der Waals surface area (Å²) >= 11 is 0. The Hall–Kier alpha value is -2.91. The maximum Gasteiger partial charge on any atom is 0.326 e. The molecule has 1 heterocycles. The quantitative estimate of drug-likeness (QED) is 0.384. The van der Waals surface area contributed by atoms with Gasteiger partial charge < -0.3 is 21.1 Å². The van der Waals surface area contributed by atoms with Gasteiger partial charge in [0.25, 0.3) is 11.6 Å². The van der Waals surface area contributed by atoms with Crippen LogP contribution in [0.4, 0.5) is 5.69 Å². The molecular formula is C10H12N4O6. The number of hydrogen-bond acceptors (Lipinski definition) is 5. The number of carboxylic acid groups (broad SMARTS) is 1. The Morgan fingerprint density at radius 2 is 2.15 bits per heavy atom. The molecule has 0 saturated heterocycles. The smallest absolute Gasteiger partial charge is 0.326 e. The van der Waals surface area contributed by atoms with E-state index in [1.54, 1.807) is 0 Å². The van der Waals surface area contributed by atoms with Gasteiger partial charge in [0.15, 0.2) is 0 Å². The summed E-state index contributed by atoms with van der Waals surface area (Å²) in [6.07, 6.45) is 0.634. The second-order valence-corrected chi connectivity index (χ2v) is 3.90. The predicted molar refractivity (Wildman–Crippen MR) is 64.8 cm³/mol. The zero-order valence-corrected chi connectivity index (χ0v) is 10.2. The zero-order chi connectivity index (χ0) is 15.3. The highest BCUT2D eigenvalue weighted by Crippen LogP contribution is 2.12. The number of carbonyl (C=O) groups excluding carboxylic acids is 2. The summed E-state index contributed by atoms with van der Waals surface area (Å²) in [4.78, 5) is 45.3. The highest BCUT2D eigenvalue weighted by atomic mass is 16.6. The summed E-state index contributed by atoms with van der Waals surface area (Å²) in [5, 5.41) is 21.5. The summed E-state index contributed by atoms with van der Waals surface area (Å²) < 4.78 is 0. The van der Waals surface area contributed by atoms with Crippen molar-refractivity contribution in [2.75, 3.05) is 0 Å². The monoisotopic (exact) mass is 284 g/mol. The van der Waals surface area contributed by atoms with Crippen LogP contribution in [-0.4, -0.2) is 38.8 Å². The van der Waals surface area contributed by atoms with Gasteiger partial charge in [-0.25, -0.2) is 4.79 Å². The fourth-order valence-corrected chi connectivity index (χ4v) is 1.40. The molecule has 0 saturated carbocycles. The van der Waals surface area contributed by atoms with Crippen molar-refractivity contribution in [3.8, 4) is 0 Å². The second-order valence-electron chi connectivity index (χ2n) is 3.90. The van der Waals surface area contributed by atoms with E-state index in [0.717, 1.165) is 12.3 Å². The molecule has 10 heteroatoms. The van der Waals surface area contributed by atoms with Crippen LogP contribution < -0.4 is 11.1 Å². The van der Waals surface area contributed by atoms with Gasteiger partial charge in [0, 0.05) is 12.5 Å². The van der Waals surface area contributed by atoms with Gasteiger partial charge >= 0.3 is 5.97 Å². The number of carbonyl (C=O) groups is 3. The Morgan fingerprint density at radius 1 is 1.50 bits per heavy atom. The number of rotatable bonds is 7. The third kappa shape index (κ3) is 4.08. The number of nitrogens with two attached hydrogens (primary N) is 1. The Morgan fingerprint density at radius 3 is 2.60 bits per heavy atom. The molecule has 0 bridgehead atoms. The first kappa shape index (κ1) is 15.1. The molecule has 0 aliphatic rings. The Bertz CT molecular complexity index is 552. The molecule has 2 amide bonds. The van der Waals surface area contributed by atoms with Gasteiger partial charge in [-0.2, -0.15) is 0 Å². The fourth-order valence-electron chi connectivity index (χ4n) is 1.40. The van der Waals surface area contributed by atoms with Gasteiger partial charge in [-0.15, -0.1) is 0 Å². The van der Waals surface area contributed by atoms with E-state index in [2.05, 4.69) is 10.3 Å². The average molecular weight is 284 g/mol. The number of aromatic nitrogens is 1. The number of hydrogen-bond donors (Lipinski definition) is 4. The van der Waals surface area contributed by atoms with Crippen LogP contribution in [0.2, 0.25) is 0 Å². The third-order valence-electron chi connectivity index (χ3n) is 2.41. The van der Waals surface area contributed by atoms with Gasteiger partial charge in [0.05, 0.1) is 11.1 Å². The lowest BCUT2D eigenvalue weighted by Crippen LogP contribution is -2.41. The lowest BCUT2D eigenvalue weighted by Gasteiger charge is -2.12. The summed E-state index contributed by atoms with van der Waals surface area (Å²) in [6.45, 7) is 0. The van der Waals surface area contributed by atoms with Crippen molar-refractivity contribution < 1.29 is 24.4 Å². The molecule has 5 N–H and O–H groups in total. The molecule has 1 rings (SSSR count). The van der Waals surface area contributed by atoms with Crippen molar-refractivity contribution in [1.29, 1.82) is 0 Å². The first-order chi connectivity index (χ1) is 9.31. The number of primary amides is 1. The summed E-state index contributed by atoms with van der Waals surface area (Å²) in [5.74, 6) is -2.85. The number of nitro groups is 1. The molecule has 1 unspecified atom stereocenters. The molecule has 1 aromatic heterocycles. The standard InChI is InChI=1S/C10H12N4O6/c11-8(15)2-1-6(10(17)18)13-9(16)7-3-5(4-12-7)14(19)20/h3-4,6,12H,1-2H2,(H2,11,15)(H,13,16)(H,17,18). The molecule has 108 valence electrons. The molecule has 0 fully saturated rings. The van der Waals surface area contributed by atoms with Crippen molar-refractivity contribution in [2.45, 2.75) is 18.9 Å². The molecule has 1 aromatic rings. The maximum atomic E-state index is 11.7. The number of amides is 2. The van der Waals surface area contributed by atoms with E-state index in [1.807, 2.05) is 0 Å². The first-order valence-electron chi connectivity index (χ1n) is 5.46. The highest BCUT2D eigenvalue weighted by Gasteiger charge is 2.23. The van der Waals surface area contributed by atoms with Crippen molar-refractivity contribution in [1.82, 2.24) is 10.3 Å². The van der Waals surface area contributed by atoms with E-state index >= 15 is 0 Å². The molecule has 0 aliphatic carbocycles. The number of aromatic amines is 1. The number of nitrogens with one attached hydrogen (secondary N) is 2. The normalized spacial score (nSPS) is 11.6. The molecule has 0 radical (unpaired) electrons. The van der Waals surface area contributed by atoms with E-state index in [0.29, 0.717) is 0 Å². The van der Waals surface area contributed by atoms with Crippen LogP contribution in [0.5, 0.6) is 0 Å². The second kappa shape index (κ2) is 6.31. The molecule has 0 aromatic carbocycles. The summed E-state index contributed by atoms with van der Waals surface area (Å²) in [6, 6.07) is -0.333. The SMILES string of the molecule is NC(=O)CCC(NC(=O)c1cc([N+](=O)[O-])c[nH]1)C(=O)O. The van der Waals surface area contributed by atoms with Crippen LogP contribution in [0.3, 0.4) is 0 Å². The third-order valence-corrected chi connectivity index (χ3v) is 2.41. The van der Waals surface area contributed by atoms with E-state index in [9.17, 15) is 24.5 Å². The minimum Gasteiger partial charge on any atom is -0.480 e. The van der Waals surface area contributed by atoms with Crippen LogP contribution in [0.15, 0.2) is 12.3 Å². The first-order valence-corrected chi connectivity index (χ1v) is 5.46. The van der Waals surface area contributed by atoms with Crippen LogP contribution >= 0.6 is 0 Å². The minimum atomic E-state index is -1.33. The van der Waals surface area contributed by atoms with E-state index in [4.69, 9.17) is 10.8 Å². The van der Waals surface area contributed by atoms with Crippen LogP contribution in [0.1, 0.15) is 23.3 Å². The topological polar surface area (TPSA) is 168 Å². The van der Waals surface area contributed by atoms with Crippen molar-refractivity contribution >= 4 is 23.5 Å². The van der Waals surface area contributed by atoms with Crippen molar-refractivity contribution in [2.24, 2.45) is 5.73 Å². The fraction of sp³-hybridized carbons (Fsp3) is 0.300. The number of aliphatic carboxylic acids is 1. The Labute approximate surface area is 112 Å². The zero-order valence-electron chi connectivity index (χ0n) is 10.2. The lowest BCUT2D eigenvalue weighted by atomic mass is 10.1. The largest absolute Gasteiger partial charge is 0.480 e. The van der Waals surface area contributed by atoms with E-state index in [1.165, 1.54) is 0 Å². The van der Waals surface area contributed by atoms with E-state index in [-0.39, 0.29) is 24.2 Å². The van der Waals surface area contributed by atoms with Gasteiger partial charge in [-0.1, -0.05) is 0 Å². The minimum absolute atomic E-state index is 0.151. The van der Waals surface area contributed by atoms with Gasteiger partial charge in [-0.05, 0) is 6.42 Å². The van der Waals surface area contributed by atoms with E-state index < -0.39 is 28.7 Å². The summed E-state index contributed by atoms with van der Waals surface area (Å²) in [5.41, 5.74) is 4.42. The summed E-state index contributed by atoms with van der Waals surface area (Å²) in [7, 11) is 0. The molecule has 0 spiro atoms. The molecule has 20 heavy (non-hydrogen) atoms. The average Bonchev–Trinajstić information content (AvgIpc) is 2.83. The van der Waals surface area contributed by atoms with Gasteiger partial charge in [-0.3, -0.25) is 19.7 Å². The number of nitrogens with zero attached hydrogens (tertiary/aromatic N) is 1. The Balaban J connectivity index is 2.72. The predicted octanol–water partition coefficient (Wildman–Crippen LogP) is -0.629. The Kier molecular flexibility index (Phi) is 4.78. The van der Waals surface area contributed by atoms with Crippen LogP contribution in [0.25, 0.3) is 0 Å².